The highest BCUT2D eigenvalue weighted by atomic mass is 19.1. The fourth-order valence-corrected chi connectivity index (χ4v) is 1.94. The van der Waals surface area contributed by atoms with Gasteiger partial charge in [-0.25, -0.2) is 14.0 Å². The van der Waals surface area contributed by atoms with Gasteiger partial charge < -0.3 is 15.4 Å². The van der Waals surface area contributed by atoms with Crippen LogP contribution < -0.4 is 10.6 Å². The third-order valence-corrected chi connectivity index (χ3v) is 2.98. The number of amides is 2. The van der Waals surface area contributed by atoms with E-state index < -0.39 is 17.8 Å². The first-order valence-corrected chi connectivity index (χ1v) is 6.20. The normalized spacial score (nSPS) is 14.1. The number of benzene rings is 1. The maximum Gasteiger partial charge on any atom is 0.337 e. The minimum atomic E-state index is -0.687. The van der Waals surface area contributed by atoms with E-state index in [4.69, 9.17) is 0 Å². The van der Waals surface area contributed by atoms with E-state index in [9.17, 15) is 14.0 Å². The summed E-state index contributed by atoms with van der Waals surface area (Å²) in [5.74, 6) is -1.32. The summed E-state index contributed by atoms with van der Waals surface area (Å²) in [7, 11) is 1.22. The molecule has 0 radical (unpaired) electrons. The van der Waals surface area contributed by atoms with Gasteiger partial charge in [-0.15, -0.1) is 0 Å². The molecule has 0 heterocycles. The number of esters is 1. The molecule has 1 aliphatic rings. The first-order valence-electron chi connectivity index (χ1n) is 6.20. The molecule has 0 fully saturated rings. The molecule has 106 valence electrons. The highest BCUT2D eigenvalue weighted by Crippen LogP contribution is 2.17. The molecule has 0 aliphatic heterocycles. The molecule has 0 saturated heterocycles. The van der Waals surface area contributed by atoms with Gasteiger partial charge in [0.05, 0.1) is 18.4 Å². The zero-order valence-corrected chi connectivity index (χ0v) is 11.0. The number of ether oxygens (including phenoxy) is 1. The van der Waals surface area contributed by atoms with Crippen molar-refractivity contribution >= 4 is 17.7 Å². The maximum absolute atomic E-state index is 13.8. The summed E-state index contributed by atoms with van der Waals surface area (Å²) < 4.78 is 18.2. The van der Waals surface area contributed by atoms with Crippen LogP contribution in [-0.4, -0.2) is 25.2 Å². The summed E-state index contributed by atoms with van der Waals surface area (Å²) in [4.78, 5) is 22.9. The van der Waals surface area contributed by atoms with Crippen LogP contribution in [-0.2, 0) is 4.74 Å². The van der Waals surface area contributed by atoms with E-state index in [1.54, 1.807) is 0 Å². The Morgan fingerprint density at radius 2 is 2.00 bits per heavy atom. The van der Waals surface area contributed by atoms with Crippen LogP contribution in [0.25, 0.3) is 0 Å². The molecular formula is C14H15FN2O3. The predicted molar refractivity (Wildman–Crippen MR) is 72.1 cm³/mol. The second kappa shape index (κ2) is 6.18. The van der Waals surface area contributed by atoms with E-state index in [2.05, 4.69) is 15.4 Å². The summed E-state index contributed by atoms with van der Waals surface area (Å²) in [6.07, 6.45) is 5.52. The lowest BCUT2D eigenvalue weighted by atomic mass is 10.2. The molecular weight excluding hydrogens is 263 g/mol. The lowest BCUT2D eigenvalue weighted by Crippen LogP contribution is -2.36. The van der Waals surface area contributed by atoms with Crippen LogP contribution in [0.2, 0.25) is 0 Å². The fraction of sp³-hybridized carbons (Fsp3) is 0.286. The number of hydrogen-bond donors (Lipinski definition) is 2. The molecule has 2 amide bonds. The second-order valence-corrected chi connectivity index (χ2v) is 4.42. The first-order chi connectivity index (χ1) is 9.60. The molecule has 20 heavy (non-hydrogen) atoms. The van der Waals surface area contributed by atoms with Crippen molar-refractivity contribution in [1.29, 1.82) is 0 Å². The summed E-state index contributed by atoms with van der Waals surface area (Å²) in [6, 6.07) is 3.32. The molecule has 0 saturated carbocycles. The SMILES string of the molecule is COC(=O)c1ccc(NC(=O)NC2CC=CC2)c(F)c1. The minimum Gasteiger partial charge on any atom is -0.465 e. The first kappa shape index (κ1) is 14.0. The number of carbonyl (C=O) groups excluding carboxylic acids is 2. The summed E-state index contributed by atoms with van der Waals surface area (Å²) in [5.41, 5.74) is 0.108. The van der Waals surface area contributed by atoms with Gasteiger partial charge in [0, 0.05) is 6.04 Å². The molecule has 1 aromatic carbocycles. The van der Waals surface area contributed by atoms with Gasteiger partial charge in [-0.1, -0.05) is 12.2 Å². The average Bonchev–Trinajstić information content (AvgIpc) is 2.93. The van der Waals surface area contributed by atoms with Crippen molar-refractivity contribution in [1.82, 2.24) is 5.32 Å². The van der Waals surface area contributed by atoms with Gasteiger partial charge in [0.25, 0.3) is 0 Å². The topological polar surface area (TPSA) is 67.4 Å². The third kappa shape index (κ3) is 3.34. The predicted octanol–water partition coefficient (Wildman–Crippen LogP) is 2.45. The molecule has 1 aromatic rings. The molecule has 5 nitrogen and oxygen atoms in total. The molecule has 6 heteroatoms. The van der Waals surface area contributed by atoms with E-state index >= 15 is 0 Å². The zero-order chi connectivity index (χ0) is 14.5. The van der Waals surface area contributed by atoms with Gasteiger partial charge in [0.15, 0.2) is 0 Å². The molecule has 0 spiro atoms. The Morgan fingerprint density at radius 1 is 1.30 bits per heavy atom. The number of carbonyl (C=O) groups is 2. The van der Waals surface area contributed by atoms with E-state index in [0.29, 0.717) is 0 Å². The molecule has 0 unspecified atom stereocenters. The van der Waals surface area contributed by atoms with Gasteiger partial charge in [-0.05, 0) is 31.0 Å². The number of methoxy groups -OCH3 is 1. The smallest absolute Gasteiger partial charge is 0.337 e. The van der Waals surface area contributed by atoms with Gasteiger partial charge in [-0.2, -0.15) is 0 Å². The lowest BCUT2D eigenvalue weighted by molar-refractivity contribution is 0.0600. The van der Waals surface area contributed by atoms with Crippen LogP contribution in [0.15, 0.2) is 30.4 Å². The summed E-state index contributed by atoms with van der Waals surface area (Å²) in [5, 5.41) is 5.15. The van der Waals surface area contributed by atoms with Crippen LogP contribution >= 0.6 is 0 Å². The quantitative estimate of drug-likeness (QED) is 0.659. The molecule has 0 aromatic heterocycles. The van der Waals surface area contributed by atoms with Crippen LogP contribution in [0.1, 0.15) is 23.2 Å². The Hall–Kier alpha value is -2.37. The van der Waals surface area contributed by atoms with Crippen molar-refractivity contribution in [2.24, 2.45) is 0 Å². The Kier molecular flexibility index (Phi) is 4.34. The number of rotatable bonds is 3. The van der Waals surface area contributed by atoms with Gasteiger partial charge in [0.2, 0.25) is 0 Å². The van der Waals surface area contributed by atoms with Crippen molar-refractivity contribution in [2.75, 3.05) is 12.4 Å². The van der Waals surface area contributed by atoms with Crippen molar-refractivity contribution in [2.45, 2.75) is 18.9 Å². The standard InChI is InChI=1S/C14H15FN2O3/c1-20-13(18)9-6-7-12(11(15)8-9)17-14(19)16-10-4-2-3-5-10/h2-3,6-8,10H,4-5H2,1H3,(H2,16,17,19). The molecule has 0 atom stereocenters. The van der Waals surface area contributed by atoms with Crippen molar-refractivity contribution in [3.63, 3.8) is 0 Å². The van der Waals surface area contributed by atoms with Gasteiger partial charge in [-0.3, -0.25) is 0 Å². The number of halogens is 1. The Labute approximate surface area is 115 Å². The van der Waals surface area contributed by atoms with Gasteiger partial charge in [0.1, 0.15) is 5.82 Å². The van der Waals surface area contributed by atoms with Crippen LogP contribution in [0.4, 0.5) is 14.9 Å². The number of urea groups is 1. The molecule has 2 N–H and O–H groups in total. The van der Waals surface area contributed by atoms with Crippen LogP contribution in [0.5, 0.6) is 0 Å². The number of hydrogen-bond acceptors (Lipinski definition) is 3. The molecule has 1 aliphatic carbocycles. The largest absolute Gasteiger partial charge is 0.465 e. The third-order valence-electron chi connectivity index (χ3n) is 2.98. The molecule has 2 rings (SSSR count). The van der Waals surface area contributed by atoms with Gasteiger partial charge >= 0.3 is 12.0 Å². The lowest BCUT2D eigenvalue weighted by Gasteiger charge is -2.13. The minimum absolute atomic E-state index is 0.0149. The highest BCUT2D eigenvalue weighted by molar-refractivity contribution is 5.92. The monoisotopic (exact) mass is 278 g/mol. The van der Waals surface area contributed by atoms with Crippen molar-refractivity contribution in [3.05, 3.63) is 41.7 Å². The van der Waals surface area contributed by atoms with E-state index in [0.717, 1.165) is 18.9 Å². The number of anilines is 1. The average molecular weight is 278 g/mol. The highest BCUT2D eigenvalue weighted by Gasteiger charge is 2.15. The number of nitrogens with one attached hydrogen (secondary N) is 2. The maximum atomic E-state index is 13.8. The van der Waals surface area contributed by atoms with Crippen LogP contribution in [0.3, 0.4) is 0 Å². The summed E-state index contributed by atoms with van der Waals surface area (Å²) in [6.45, 7) is 0. The van der Waals surface area contributed by atoms with Crippen molar-refractivity contribution in [3.8, 4) is 0 Å². The fourth-order valence-electron chi connectivity index (χ4n) is 1.94. The Bertz CT molecular complexity index is 549. The Morgan fingerprint density at radius 3 is 2.60 bits per heavy atom. The van der Waals surface area contributed by atoms with E-state index in [-0.39, 0.29) is 17.3 Å². The molecule has 0 bridgehead atoms. The van der Waals surface area contributed by atoms with Crippen LogP contribution in [0, 0.1) is 5.82 Å². The zero-order valence-electron chi connectivity index (χ0n) is 11.0. The second-order valence-electron chi connectivity index (χ2n) is 4.42. The van der Waals surface area contributed by atoms with E-state index in [1.807, 2.05) is 12.2 Å². The Balaban J connectivity index is 1.98. The van der Waals surface area contributed by atoms with E-state index in [1.165, 1.54) is 19.2 Å². The van der Waals surface area contributed by atoms with Crippen molar-refractivity contribution < 1.29 is 18.7 Å². The summed E-state index contributed by atoms with van der Waals surface area (Å²) >= 11 is 0.